The molecule has 5 nitrogen and oxygen atoms in total. The van der Waals surface area contributed by atoms with E-state index in [1.165, 1.54) is 35.2 Å². The van der Waals surface area contributed by atoms with Crippen LogP contribution in [0.15, 0.2) is 58.4 Å². The number of carbonyl (C=O) groups is 2. The van der Waals surface area contributed by atoms with Crippen LogP contribution in [0.1, 0.15) is 28.4 Å². The number of hydrogen-bond donors (Lipinski definition) is 1. The summed E-state index contributed by atoms with van der Waals surface area (Å²) in [4.78, 5) is 29.8. The molecule has 1 amide bonds. The number of amides is 1. The van der Waals surface area contributed by atoms with Crippen LogP contribution in [0.2, 0.25) is 0 Å². The van der Waals surface area contributed by atoms with Crippen molar-refractivity contribution in [3.63, 3.8) is 0 Å². The molecule has 0 bridgehead atoms. The van der Waals surface area contributed by atoms with Crippen molar-refractivity contribution in [1.82, 2.24) is 4.90 Å². The average molecular weight is 420 g/mol. The van der Waals surface area contributed by atoms with E-state index in [9.17, 15) is 22.8 Å². The van der Waals surface area contributed by atoms with Crippen molar-refractivity contribution in [3.05, 3.63) is 70.1 Å². The number of alkyl halides is 3. The molecule has 1 aliphatic rings. The number of carbonyl (C=O) groups excluding carboxylic acids is 1. The van der Waals surface area contributed by atoms with Gasteiger partial charge in [-0.25, -0.2) is 9.79 Å². The lowest BCUT2D eigenvalue weighted by Gasteiger charge is -2.12. The molecule has 2 aromatic carbocycles. The lowest BCUT2D eigenvalue weighted by Crippen LogP contribution is -2.28. The summed E-state index contributed by atoms with van der Waals surface area (Å²) in [6.45, 7) is 2.11. The number of benzene rings is 2. The molecule has 2 aromatic rings. The van der Waals surface area contributed by atoms with Crippen molar-refractivity contribution in [2.75, 3.05) is 6.54 Å². The lowest BCUT2D eigenvalue weighted by atomic mass is 10.1. The Morgan fingerprint density at radius 3 is 2.48 bits per heavy atom. The molecule has 0 spiro atoms. The topological polar surface area (TPSA) is 70.0 Å². The van der Waals surface area contributed by atoms with Gasteiger partial charge < -0.3 is 5.11 Å². The molecule has 150 valence electrons. The van der Waals surface area contributed by atoms with E-state index in [4.69, 9.17) is 5.11 Å². The first-order valence-corrected chi connectivity index (χ1v) is 9.31. The highest BCUT2D eigenvalue weighted by Gasteiger charge is 2.33. The fraction of sp³-hybridized carbons (Fsp3) is 0.150. The molecule has 1 fully saturated rings. The molecule has 1 saturated heterocycles. The predicted octanol–water partition coefficient (Wildman–Crippen LogP) is 5.03. The summed E-state index contributed by atoms with van der Waals surface area (Å²) in [6.07, 6.45) is -2.92. The van der Waals surface area contributed by atoms with Crippen LogP contribution < -0.4 is 0 Å². The predicted molar refractivity (Wildman–Crippen MR) is 105 cm³/mol. The standard InChI is InChI=1S/C20H15F3N2O3S/c1-2-25-17(26)16(10-12-6-8-14(9-7-12)20(21,22)23)29-19(25)24-15-5-3-4-13(11-15)18(27)28/h3-11H,2H2,1H3,(H,27,28)/b16-10-,24-19?. The molecule has 1 aliphatic heterocycles. The third-order valence-corrected chi connectivity index (χ3v) is 5.06. The minimum Gasteiger partial charge on any atom is -0.478 e. The van der Waals surface area contributed by atoms with Gasteiger partial charge in [0.05, 0.1) is 21.7 Å². The maximum Gasteiger partial charge on any atom is 0.416 e. The Morgan fingerprint density at radius 1 is 1.21 bits per heavy atom. The number of aromatic carboxylic acids is 1. The van der Waals surface area contributed by atoms with Gasteiger partial charge in [-0.05, 0) is 60.7 Å². The molecule has 0 radical (unpaired) electrons. The zero-order valence-electron chi connectivity index (χ0n) is 15.1. The number of carboxylic acid groups (broad SMARTS) is 1. The van der Waals surface area contributed by atoms with Crippen LogP contribution in [0.3, 0.4) is 0 Å². The van der Waals surface area contributed by atoms with Gasteiger partial charge in [-0.2, -0.15) is 13.2 Å². The van der Waals surface area contributed by atoms with E-state index in [0.29, 0.717) is 27.9 Å². The van der Waals surface area contributed by atoms with Gasteiger partial charge in [-0.3, -0.25) is 9.69 Å². The third-order valence-electron chi connectivity index (χ3n) is 4.06. The second kappa shape index (κ2) is 8.12. The number of hydrogen-bond acceptors (Lipinski definition) is 4. The molecule has 9 heteroatoms. The molecule has 0 aliphatic carbocycles. The number of halogens is 3. The summed E-state index contributed by atoms with van der Waals surface area (Å²) in [5.74, 6) is -1.40. The van der Waals surface area contributed by atoms with Gasteiger partial charge in [0.15, 0.2) is 5.17 Å². The molecule has 3 rings (SSSR count). The van der Waals surface area contributed by atoms with E-state index in [2.05, 4.69) is 4.99 Å². The highest BCUT2D eigenvalue weighted by Crippen LogP contribution is 2.35. The van der Waals surface area contributed by atoms with Crippen molar-refractivity contribution in [3.8, 4) is 0 Å². The maximum absolute atomic E-state index is 12.7. The number of thioether (sulfide) groups is 1. The summed E-state index contributed by atoms with van der Waals surface area (Å²) in [7, 11) is 0. The first-order chi connectivity index (χ1) is 13.7. The summed E-state index contributed by atoms with van der Waals surface area (Å²) in [6, 6.07) is 10.5. The molecule has 0 unspecified atom stereocenters. The first kappa shape index (κ1) is 20.7. The zero-order valence-corrected chi connectivity index (χ0v) is 15.9. The zero-order chi connectivity index (χ0) is 21.2. The van der Waals surface area contributed by atoms with Gasteiger partial charge in [0.25, 0.3) is 5.91 Å². The largest absolute Gasteiger partial charge is 0.478 e. The number of likely N-dealkylation sites (N-methyl/N-ethyl adjacent to an activating group) is 1. The van der Waals surface area contributed by atoms with Gasteiger partial charge in [-0.15, -0.1) is 0 Å². The van der Waals surface area contributed by atoms with Crippen LogP contribution in [0.25, 0.3) is 6.08 Å². The van der Waals surface area contributed by atoms with Crippen molar-refractivity contribution < 1.29 is 27.9 Å². The Kier molecular flexibility index (Phi) is 5.78. The first-order valence-electron chi connectivity index (χ1n) is 8.49. The van der Waals surface area contributed by atoms with E-state index in [1.807, 2.05) is 0 Å². The van der Waals surface area contributed by atoms with Crippen LogP contribution in [-0.4, -0.2) is 33.6 Å². The van der Waals surface area contributed by atoms with Gasteiger partial charge in [0.2, 0.25) is 0 Å². The fourth-order valence-electron chi connectivity index (χ4n) is 2.61. The smallest absolute Gasteiger partial charge is 0.416 e. The van der Waals surface area contributed by atoms with Crippen LogP contribution in [-0.2, 0) is 11.0 Å². The highest BCUT2D eigenvalue weighted by molar-refractivity contribution is 8.18. The normalized spacial score (nSPS) is 17.4. The molecular weight excluding hydrogens is 405 g/mol. The minimum absolute atomic E-state index is 0.0738. The van der Waals surface area contributed by atoms with Crippen LogP contribution >= 0.6 is 11.8 Å². The molecule has 0 aromatic heterocycles. The van der Waals surface area contributed by atoms with Gasteiger partial charge in [0, 0.05) is 6.54 Å². The van der Waals surface area contributed by atoms with Gasteiger partial charge in [0.1, 0.15) is 0 Å². The number of amidine groups is 1. The molecule has 29 heavy (non-hydrogen) atoms. The Bertz CT molecular complexity index is 1010. The van der Waals surface area contributed by atoms with E-state index in [1.54, 1.807) is 19.1 Å². The van der Waals surface area contributed by atoms with Gasteiger partial charge in [-0.1, -0.05) is 18.2 Å². The van der Waals surface area contributed by atoms with E-state index in [-0.39, 0.29) is 11.5 Å². The van der Waals surface area contributed by atoms with Crippen molar-refractivity contribution in [2.24, 2.45) is 4.99 Å². The molecule has 0 atom stereocenters. The second-order valence-corrected chi connectivity index (χ2v) is 7.04. The van der Waals surface area contributed by atoms with Crippen molar-refractivity contribution in [1.29, 1.82) is 0 Å². The second-order valence-electron chi connectivity index (χ2n) is 6.03. The monoisotopic (exact) mass is 420 g/mol. The Labute approximate surface area is 168 Å². The van der Waals surface area contributed by atoms with Crippen LogP contribution in [0.4, 0.5) is 18.9 Å². The van der Waals surface area contributed by atoms with Crippen LogP contribution in [0, 0.1) is 0 Å². The highest BCUT2D eigenvalue weighted by atomic mass is 32.2. The van der Waals surface area contributed by atoms with Gasteiger partial charge >= 0.3 is 12.1 Å². The van der Waals surface area contributed by atoms with Crippen molar-refractivity contribution in [2.45, 2.75) is 13.1 Å². The third kappa shape index (κ3) is 4.68. The summed E-state index contributed by atoms with van der Waals surface area (Å²) < 4.78 is 38.1. The number of carboxylic acids is 1. The van der Waals surface area contributed by atoms with Crippen LogP contribution in [0.5, 0.6) is 0 Å². The minimum atomic E-state index is -4.42. The number of nitrogens with zero attached hydrogens (tertiary/aromatic N) is 2. The fourth-order valence-corrected chi connectivity index (χ4v) is 3.67. The Balaban J connectivity index is 1.90. The quantitative estimate of drug-likeness (QED) is 0.705. The molecule has 0 saturated carbocycles. The lowest BCUT2D eigenvalue weighted by molar-refractivity contribution is -0.137. The summed E-state index contributed by atoms with van der Waals surface area (Å²) in [5, 5.41) is 9.46. The number of rotatable bonds is 4. The Morgan fingerprint density at radius 2 is 1.90 bits per heavy atom. The SMILES string of the molecule is CCN1C(=O)/C(=C/c2ccc(C(F)(F)F)cc2)SC1=Nc1cccc(C(=O)O)c1. The average Bonchev–Trinajstić information content (AvgIpc) is 2.96. The molecule has 1 heterocycles. The van der Waals surface area contributed by atoms with Crippen molar-refractivity contribution >= 4 is 40.6 Å². The summed E-state index contributed by atoms with van der Waals surface area (Å²) in [5.41, 5.74) is 0.152. The Hall–Kier alpha value is -3.07. The van der Waals surface area contributed by atoms with E-state index in [0.717, 1.165) is 23.9 Å². The number of aliphatic imine (C=N–C) groups is 1. The van der Waals surface area contributed by atoms with E-state index >= 15 is 0 Å². The van der Waals surface area contributed by atoms with E-state index < -0.39 is 17.7 Å². The molecular formula is C20H15F3N2O3S. The maximum atomic E-state index is 12.7. The molecule has 1 N–H and O–H groups in total. The summed E-state index contributed by atoms with van der Waals surface area (Å²) >= 11 is 1.08.